The molecule has 100 valence electrons. The van der Waals surface area contributed by atoms with Gasteiger partial charge in [0.25, 0.3) is 0 Å². The summed E-state index contributed by atoms with van der Waals surface area (Å²) in [6, 6.07) is 10.8. The normalized spacial score (nSPS) is 14.8. The zero-order valence-corrected chi connectivity index (χ0v) is 11.6. The zero-order chi connectivity index (χ0) is 13.2. The van der Waals surface area contributed by atoms with Gasteiger partial charge in [-0.25, -0.2) is 0 Å². The van der Waals surface area contributed by atoms with E-state index in [1.807, 2.05) is 14.0 Å². The van der Waals surface area contributed by atoms with Crippen molar-refractivity contribution < 1.29 is 4.42 Å². The fourth-order valence-corrected chi connectivity index (χ4v) is 2.77. The van der Waals surface area contributed by atoms with Crippen LogP contribution in [-0.4, -0.2) is 11.9 Å². The Morgan fingerprint density at radius 3 is 2.53 bits per heavy atom. The molecule has 0 amide bonds. The molecule has 2 aromatic rings. The molecule has 0 unspecified atom stereocenters. The molecule has 3 nitrogen and oxygen atoms in total. The van der Waals surface area contributed by atoms with E-state index in [0.717, 1.165) is 37.7 Å². The Morgan fingerprint density at radius 1 is 1.21 bits per heavy atom. The summed E-state index contributed by atoms with van der Waals surface area (Å²) in [4.78, 5) is 2.42. The topological polar surface area (TPSA) is 28.4 Å². The molecule has 19 heavy (non-hydrogen) atoms. The smallest absolute Gasteiger partial charge is 0.118 e. The summed E-state index contributed by atoms with van der Waals surface area (Å²) in [7, 11) is 1.96. The van der Waals surface area contributed by atoms with Crippen molar-refractivity contribution in [1.82, 2.24) is 10.2 Å². The molecule has 3 heteroatoms. The van der Waals surface area contributed by atoms with Gasteiger partial charge in [0.1, 0.15) is 11.5 Å². The highest BCUT2D eigenvalue weighted by molar-refractivity contribution is 5.30. The maximum absolute atomic E-state index is 5.85. The van der Waals surface area contributed by atoms with Gasteiger partial charge in [0.15, 0.2) is 0 Å². The first-order valence-electron chi connectivity index (χ1n) is 6.78. The van der Waals surface area contributed by atoms with Gasteiger partial charge in [0.2, 0.25) is 0 Å². The van der Waals surface area contributed by atoms with Crippen molar-refractivity contribution >= 4 is 0 Å². The largest absolute Gasteiger partial charge is 0.465 e. The molecule has 1 N–H and O–H groups in total. The molecule has 0 fully saturated rings. The molecule has 0 saturated carbocycles. The van der Waals surface area contributed by atoms with Gasteiger partial charge < -0.3 is 9.73 Å². The van der Waals surface area contributed by atoms with Crippen molar-refractivity contribution in [3.8, 4) is 0 Å². The summed E-state index contributed by atoms with van der Waals surface area (Å²) in [6.07, 6.45) is 0. The van der Waals surface area contributed by atoms with Crippen molar-refractivity contribution in [3.63, 3.8) is 0 Å². The molecule has 1 aromatic heterocycles. The highest BCUT2D eigenvalue weighted by atomic mass is 16.3. The van der Waals surface area contributed by atoms with Crippen molar-refractivity contribution in [2.45, 2.75) is 33.1 Å². The predicted molar refractivity (Wildman–Crippen MR) is 75.6 cm³/mol. The van der Waals surface area contributed by atoms with E-state index in [-0.39, 0.29) is 0 Å². The second-order valence-corrected chi connectivity index (χ2v) is 5.24. The lowest BCUT2D eigenvalue weighted by Crippen LogP contribution is -2.15. The maximum atomic E-state index is 5.85. The molecule has 3 rings (SSSR count). The number of furan rings is 1. The van der Waals surface area contributed by atoms with Crippen molar-refractivity contribution in [1.29, 1.82) is 0 Å². The van der Waals surface area contributed by atoms with Crippen molar-refractivity contribution in [2.24, 2.45) is 0 Å². The minimum Gasteiger partial charge on any atom is -0.465 e. The summed E-state index contributed by atoms with van der Waals surface area (Å²) in [5, 5.41) is 3.17. The highest BCUT2D eigenvalue weighted by Gasteiger charge is 2.19. The Bertz CT molecular complexity index is 549. The summed E-state index contributed by atoms with van der Waals surface area (Å²) in [6.45, 7) is 5.85. The maximum Gasteiger partial charge on any atom is 0.118 e. The van der Waals surface area contributed by atoms with E-state index in [0.29, 0.717) is 0 Å². The SMILES string of the molecule is CNCc1cc(CN2Cc3ccccc3C2)oc1C. The number of hydrogen-bond acceptors (Lipinski definition) is 3. The molecule has 0 bridgehead atoms. The average molecular weight is 256 g/mol. The summed E-state index contributed by atoms with van der Waals surface area (Å²) < 4.78 is 5.85. The Labute approximate surface area is 114 Å². The Hall–Kier alpha value is -1.58. The number of fused-ring (bicyclic) bond motifs is 1. The molecule has 0 atom stereocenters. The van der Waals surface area contributed by atoms with E-state index in [9.17, 15) is 0 Å². The molecular formula is C16H20N2O. The van der Waals surface area contributed by atoms with E-state index in [1.54, 1.807) is 0 Å². The fourth-order valence-electron chi connectivity index (χ4n) is 2.77. The zero-order valence-electron chi connectivity index (χ0n) is 11.6. The predicted octanol–water partition coefficient (Wildman–Crippen LogP) is 2.82. The first-order chi connectivity index (χ1) is 9.26. The Balaban J connectivity index is 1.69. The van der Waals surface area contributed by atoms with E-state index in [1.165, 1.54) is 16.7 Å². The molecular weight excluding hydrogens is 236 g/mol. The third-order valence-electron chi connectivity index (χ3n) is 3.72. The van der Waals surface area contributed by atoms with Crippen LogP contribution in [0.4, 0.5) is 0 Å². The average Bonchev–Trinajstić information content (AvgIpc) is 2.94. The standard InChI is InChI=1S/C16H20N2O/c1-12-15(8-17-2)7-16(19-12)11-18-9-13-5-3-4-6-14(13)10-18/h3-7,17H,8-11H2,1-2H3. The molecule has 0 radical (unpaired) electrons. The lowest BCUT2D eigenvalue weighted by molar-refractivity contribution is 0.249. The first kappa shape index (κ1) is 12.5. The van der Waals surface area contributed by atoms with Gasteiger partial charge in [-0.1, -0.05) is 24.3 Å². The van der Waals surface area contributed by atoms with Gasteiger partial charge >= 0.3 is 0 Å². The van der Waals surface area contributed by atoms with Crippen LogP contribution in [0.3, 0.4) is 0 Å². The minimum atomic E-state index is 0.871. The molecule has 0 saturated heterocycles. The van der Waals surface area contributed by atoms with Crippen LogP contribution in [-0.2, 0) is 26.2 Å². The van der Waals surface area contributed by atoms with Gasteiger partial charge in [-0.3, -0.25) is 4.90 Å². The van der Waals surface area contributed by atoms with Crippen LogP contribution in [0.1, 0.15) is 28.2 Å². The van der Waals surface area contributed by atoms with Gasteiger partial charge in [-0.2, -0.15) is 0 Å². The third-order valence-corrected chi connectivity index (χ3v) is 3.72. The number of benzene rings is 1. The fraction of sp³-hybridized carbons (Fsp3) is 0.375. The molecule has 0 aliphatic carbocycles. The molecule has 1 aromatic carbocycles. The van der Waals surface area contributed by atoms with Crippen LogP contribution in [0, 0.1) is 6.92 Å². The Morgan fingerprint density at radius 2 is 1.89 bits per heavy atom. The second-order valence-electron chi connectivity index (χ2n) is 5.24. The number of aryl methyl sites for hydroxylation is 1. The number of nitrogens with zero attached hydrogens (tertiary/aromatic N) is 1. The van der Waals surface area contributed by atoms with Crippen LogP contribution in [0.2, 0.25) is 0 Å². The van der Waals surface area contributed by atoms with Crippen LogP contribution in [0.5, 0.6) is 0 Å². The first-order valence-corrected chi connectivity index (χ1v) is 6.78. The van der Waals surface area contributed by atoms with E-state index in [4.69, 9.17) is 4.42 Å². The van der Waals surface area contributed by atoms with Crippen LogP contribution >= 0.6 is 0 Å². The molecule has 1 aliphatic heterocycles. The lowest BCUT2D eigenvalue weighted by Gasteiger charge is -2.12. The number of hydrogen-bond donors (Lipinski definition) is 1. The Kier molecular flexibility index (Phi) is 3.40. The third kappa shape index (κ3) is 2.57. The van der Waals surface area contributed by atoms with Crippen molar-refractivity contribution in [3.05, 3.63) is 58.5 Å². The molecule has 0 spiro atoms. The van der Waals surface area contributed by atoms with Gasteiger partial charge in [0.05, 0.1) is 6.54 Å². The van der Waals surface area contributed by atoms with Crippen LogP contribution < -0.4 is 5.32 Å². The molecule has 2 heterocycles. The lowest BCUT2D eigenvalue weighted by atomic mass is 10.1. The number of nitrogens with one attached hydrogen (secondary N) is 1. The van der Waals surface area contributed by atoms with Crippen molar-refractivity contribution in [2.75, 3.05) is 7.05 Å². The molecule has 1 aliphatic rings. The highest BCUT2D eigenvalue weighted by Crippen LogP contribution is 2.25. The van der Waals surface area contributed by atoms with Gasteiger partial charge in [-0.15, -0.1) is 0 Å². The van der Waals surface area contributed by atoms with Gasteiger partial charge in [0, 0.05) is 25.2 Å². The van der Waals surface area contributed by atoms with E-state index >= 15 is 0 Å². The summed E-state index contributed by atoms with van der Waals surface area (Å²) in [5.41, 5.74) is 4.15. The van der Waals surface area contributed by atoms with E-state index in [2.05, 4.69) is 40.5 Å². The summed E-state index contributed by atoms with van der Waals surface area (Å²) >= 11 is 0. The quantitative estimate of drug-likeness (QED) is 0.912. The van der Waals surface area contributed by atoms with E-state index < -0.39 is 0 Å². The second kappa shape index (κ2) is 5.19. The van der Waals surface area contributed by atoms with Crippen LogP contribution in [0.25, 0.3) is 0 Å². The van der Waals surface area contributed by atoms with Crippen LogP contribution in [0.15, 0.2) is 34.7 Å². The monoisotopic (exact) mass is 256 g/mol. The van der Waals surface area contributed by atoms with Gasteiger partial charge in [-0.05, 0) is 31.2 Å². The number of rotatable bonds is 4. The summed E-state index contributed by atoms with van der Waals surface area (Å²) in [5.74, 6) is 2.09. The minimum absolute atomic E-state index is 0.871.